The van der Waals surface area contributed by atoms with E-state index in [1.165, 1.54) is 0 Å². The summed E-state index contributed by atoms with van der Waals surface area (Å²) in [5.41, 5.74) is 2.00. The Bertz CT molecular complexity index is 894. The first-order valence-corrected chi connectivity index (χ1v) is 11.5. The van der Waals surface area contributed by atoms with Gasteiger partial charge in [0.1, 0.15) is 0 Å². The van der Waals surface area contributed by atoms with Crippen LogP contribution in [-0.2, 0) is 11.3 Å². The minimum Gasteiger partial charge on any atom is -0.352 e. The van der Waals surface area contributed by atoms with Gasteiger partial charge < -0.3 is 20.1 Å². The predicted molar refractivity (Wildman–Crippen MR) is 139 cm³/mol. The zero-order valence-corrected chi connectivity index (χ0v) is 21.4. The van der Waals surface area contributed by atoms with E-state index >= 15 is 0 Å². The monoisotopic (exact) mass is 550 g/mol. The minimum atomic E-state index is 0. The number of imidazole rings is 1. The number of amides is 1. The number of rotatable bonds is 5. The zero-order valence-electron chi connectivity index (χ0n) is 19.0. The van der Waals surface area contributed by atoms with E-state index in [4.69, 9.17) is 0 Å². The number of aliphatic imine (C=N–C) groups is 1. The molecule has 7 nitrogen and oxygen atoms in total. The van der Waals surface area contributed by atoms with Gasteiger partial charge in [0.15, 0.2) is 5.96 Å². The standard InChI is InChI=1S/C24H34N6O.HI/c1-18-10-12-29(16-22(18)30-13-11-26-17-30)24(25-2)27-15-19-6-5-9-21(14-19)28-23(31)20-7-3-4-8-20;/h5-6,9,11,13-14,17-18,20,22H,3-4,7-8,10,12,15-16H2,1-2H3,(H,25,27)(H,28,31);1H. The van der Waals surface area contributed by atoms with Gasteiger partial charge in [0.25, 0.3) is 0 Å². The maximum Gasteiger partial charge on any atom is 0.227 e. The molecule has 2 aliphatic rings. The van der Waals surface area contributed by atoms with E-state index < -0.39 is 0 Å². The number of carbonyl (C=O) groups excluding carboxylic acids is 1. The number of guanidine groups is 1. The third-order valence-corrected chi connectivity index (χ3v) is 6.71. The molecule has 2 atom stereocenters. The Morgan fingerprint density at radius 1 is 1.25 bits per heavy atom. The SMILES string of the molecule is CN=C(NCc1cccc(NC(=O)C2CCCC2)c1)N1CCC(C)C(n2ccnc2)C1.I. The van der Waals surface area contributed by atoms with E-state index in [1.807, 2.05) is 37.9 Å². The lowest BCUT2D eigenvalue weighted by molar-refractivity contribution is -0.119. The molecule has 1 saturated heterocycles. The number of carbonyl (C=O) groups is 1. The predicted octanol–water partition coefficient (Wildman–Crippen LogP) is 4.29. The maximum absolute atomic E-state index is 12.4. The van der Waals surface area contributed by atoms with Crippen LogP contribution in [0.5, 0.6) is 0 Å². The molecule has 174 valence electrons. The van der Waals surface area contributed by atoms with Crippen molar-refractivity contribution in [3.63, 3.8) is 0 Å². The molecule has 2 N–H and O–H groups in total. The zero-order chi connectivity index (χ0) is 21.6. The van der Waals surface area contributed by atoms with Crippen molar-refractivity contribution >= 4 is 41.5 Å². The average molecular weight is 550 g/mol. The lowest BCUT2D eigenvalue weighted by atomic mass is 9.93. The summed E-state index contributed by atoms with van der Waals surface area (Å²) in [5, 5.41) is 6.61. The fraction of sp³-hybridized carbons (Fsp3) is 0.542. The summed E-state index contributed by atoms with van der Waals surface area (Å²) in [6.45, 7) is 4.88. The van der Waals surface area contributed by atoms with Gasteiger partial charge in [-0.15, -0.1) is 24.0 Å². The number of halogens is 1. The van der Waals surface area contributed by atoms with Crippen molar-refractivity contribution in [1.82, 2.24) is 19.8 Å². The van der Waals surface area contributed by atoms with Crippen molar-refractivity contribution in [2.24, 2.45) is 16.8 Å². The summed E-state index contributed by atoms with van der Waals surface area (Å²) in [4.78, 5) is 23.5. The van der Waals surface area contributed by atoms with Crippen molar-refractivity contribution in [3.05, 3.63) is 48.5 Å². The summed E-state index contributed by atoms with van der Waals surface area (Å²) >= 11 is 0. The first-order chi connectivity index (χ1) is 15.1. The summed E-state index contributed by atoms with van der Waals surface area (Å²) < 4.78 is 2.21. The van der Waals surface area contributed by atoms with Gasteiger partial charge in [0, 0.05) is 50.7 Å². The molecule has 1 amide bonds. The van der Waals surface area contributed by atoms with Crippen molar-refractivity contribution in [2.45, 2.75) is 51.6 Å². The molecular formula is C24H35IN6O. The van der Waals surface area contributed by atoms with E-state index in [0.717, 1.165) is 62.4 Å². The highest BCUT2D eigenvalue weighted by Crippen LogP contribution is 2.28. The summed E-state index contributed by atoms with van der Waals surface area (Å²) in [7, 11) is 1.84. The number of anilines is 1. The van der Waals surface area contributed by atoms with E-state index in [-0.39, 0.29) is 35.8 Å². The second-order valence-electron chi connectivity index (χ2n) is 8.86. The molecule has 0 spiro atoms. The Morgan fingerprint density at radius 2 is 2.06 bits per heavy atom. The van der Waals surface area contributed by atoms with Gasteiger partial charge in [-0.05, 0) is 42.9 Å². The molecule has 1 saturated carbocycles. The van der Waals surface area contributed by atoms with Crippen LogP contribution in [0, 0.1) is 11.8 Å². The fourth-order valence-electron chi connectivity index (χ4n) is 4.80. The normalized spacial score (nSPS) is 21.8. The Kier molecular flexibility index (Phi) is 8.95. The second kappa shape index (κ2) is 11.7. The number of likely N-dealkylation sites (tertiary alicyclic amines) is 1. The largest absolute Gasteiger partial charge is 0.352 e. The molecule has 4 rings (SSSR count). The fourth-order valence-corrected chi connectivity index (χ4v) is 4.80. The van der Waals surface area contributed by atoms with Crippen molar-refractivity contribution in [1.29, 1.82) is 0 Å². The Labute approximate surface area is 208 Å². The van der Waals surface area contributed by atoms with Gasteiger partial charge in [0.05, 0.1) is 12.4 Å². The lowest BCUT2D eigenvalue weighted by Gasteiger charge is -2.39. The molecule has 0 bridgehead atoms. The number of piperidine rings is 1. The third-order valence-electron chi connectivity index (χ3n) is 6.71. The highest BCUT2D eigenvalue weighted by atomic mass is 127. The van der Waals surface area contributed by atoms with Crippen LogP contribution < -0.4 is 10.6 Å². The highest BCUT2D eigenvalue weighted by molar-refractivity contribution is 14.0. The second-order valence-corrected chi connectivity index (χ2v) is 8.86. The van der Waals surface area contributed by atoms with E-state index in [9.17, 15) is 4.79 Å². The Balaban J connectivity index is 0.00000289. The van der Waals surface area contributed by atoms with Crippen LogP contribution in [0.4, 0.5) is 5.69 Å². The molecular weight excluding hydrogens is 515 g/mol. The molecule has 1 aliphatic heterocycles. The summed E-state index contributed by atoms with van der Waals surface area (Å²) in [5.74, 6) is 1.85. The number of hydrogen-bond donors (Lipinski definition) is 2. The molecule has 1 aliphatic carbocycles. The van der Waals surface area contributed by atoms with Crippen molar-refractivity contribution in [3.8, 4) is 0 Å². The number of nitrogens with zero attached hydrogens (tertiary/aromatic N) is 4. The van der Waals surface area contributed by atoms with Crippen LogP contribution in [0.2, 0.25) is 0 Å². The smallest absolute Gasteiger partial charge is 0.227 e. The van der Waals surface area contributed by atoms with Crippen molar-refractivity contribution in [2.75, 3.05) is 25.5 Å². The Morgan fingerprint density at radius 3 is 2.78 bits per heavy atom. The maximum atomic E-state index is 12.4. The van der Waals surface area contributed by atoms with Crippen LogP contribution in [0.25, 0.3) is 0 Å². The first kappa shape index (κ1) is 24.5. The topological polar surface area (TPSA) is 74.6 Å². The number of aromatic nitrogens is 2. The van der Waals surface area contributed by atoms with Gasteiger partial charge in [-0.2, -0.15) is 0 Å². The molecule has 2 unspecified atom stereocenters. The van der Waals surface area contributed by atoms with Crippen LogP contribution in [0.15, 0.2) is 48.0 Å². The lowest BCUT2D eigenvalue weighted by Crippen LogP contribution is -2.48. The molecule has 1 aromatic carbocycles. The molecule has 8 heteroatoms. The first-order valence-electron chi connectivity index (χ1n) is 11.5. The van der Waals surface area contributed by atoms with Crippen molar-refractivity contribution < 1.29 is 4.79 Å². The number of benzene rings is 1. The summed E-state index contributed by atoms with van der Waals surface area (Å²) in [6, 6.07) is 8.50. The van der Waals surface area contributed by atoms with Crippen LogP contribution in [-0.4, -0.2) is 46.5 Å². The van der Waals surface area contributed by atoms with Gasteiger partial charge in [-0.1, -0.05) is 31.9 Å². The number of hydrogen-bond acceptors (Lipinski definition) is 3. The molecule has 0 radical (unpaired) electrons. The molecule has 2 heterocycles. The molecule has 1 aromatic heterocycles. The molecule has 2 fully saturated rings. The highest BCUT2D eigenvalue weighted by Gasteiger charge is 2.29. The van der Waals surface area contributed by atoms with Gasteiger partial charge >= 0.3 is 0 Å². The van der Waals surface area contributed by atoms with Gasteiger partial charge in [-0.25, -0.2) is 4.98 Å². The van der Waals surface area contributed by atoms with Crippen LogP contribution in [0.1, 0.15) is 50.6 Å². The summed E-state index contributed by atoms with van der Waals surface area (Å²) in [6.07, 6.45) is 11.3. The van der Waals surface area contributed by atoms with Gasteiger partial charge in [-0.3, -0.25) is 9.79 Å². The third kappa shape index (κ3) is 6.02. The minimum absolute atomic E-state index is 0. The van der Waals surface area contributed by atoms with E-state index in [2.05, 4.69) is 49.1 Å². The molecule has 2 aromatic rings. The number of nitrogens with one attached hydrogen (secondary N) is 2. The average Bonchev–Trinajstić information content (AvgIpc) is 3.50. The van der Waals surface area contributed by atoms with Crippen LogP contribution >= 0.6 is 24.0 Å². The molecule has 32 heavy (non-hydrogen) atoms. The van der Waals surface area contributed by atoms with Gasteiger partial charge in [0.2, 0.25) is 5.91 Å². The quantitative estimate of drug-likeness (QED) is 0.331. The van der Waals surface area contributed by atoms with Crippen LogP contribution in [0.3, 0.4) is 0 Å². The van der Waals surface area contributed by atoms with E-state index in [1.54, 1.807) is 0 Å². The van der Waals surface area contributed by atoms with E-state index in [0.29, 0.717) is 18.5 Å². The Hall–Kier alpha value is -2.10.